The molecule has 0 amide bonds. The molecule has 3 aromatic rings. The van der Waals surface area contributed by atoms with Gasteiger partial charge in [0.2, 0.25) is 10.0 Å². The van der Waals surface area contributed by atoms with Crippen molar-refractivity contribution in [2.24, 2.45) is 5.10 Å². The molecule has 0 saturated carbocycles. The summed E-state index contributed by atoms with van der Waals surface area (Å²) in [6, 6.07) is 15.2. The van der Waals surface area contributed by atoms with Gasteiger partial charge in [-0.3, -0.25) is 4.72 Å². The Morgan fingerprint density at radius 2 is 1.84 bits per heavy atom. The molecule has 1 unspecified atom stereocenters. The van der Waals surface area contributed by atoms with Gasteiger partial charge in [-0.15, -0.1) is 0 Å². The van der Waals surface area contributed by atoms with Gasteiger partial charge in [-0.05, 0) is 36.4 Å². The first kappa shape index (κ1) is 21.4. The molecule has 1 atom stereocenters. The Kier molecular flexibility index (Phi) is 5.54. The van der Waals surface area contributed by atoms with E-state index in [2.05, 4.69) is 9.82 Å². The number of sulfonamides is 2. The molecule has 1 N–H and O–H groups in total. The van der Waals surface area contributed by atoms with Crippen molar-refractivity contribution in [2.75, 3.05) is 11.0 Å². The summed E-state index contributed by atoms with van der Waals surface area (Å²) < 4.78 is 59.3. The third kappa shape index (κ3) is 4.46. The minimum Gasteiger partial charge on any atom is -0.467 e. The maximum Gasteiger partial charge on any atom is 0.279 e. The maximum absolute atomic E-state index is 13.4. The zero-order valence-corrected chi connectivity index (χ0v) is 18.7. The van der Waals surface area contributed by atoms with Crippen LogP contribution in [0.2, 0.25) is 5.02 Å². The first-order valence-corrected chi connectivity index (χ1v) is 12.8. The summed E-state index contributed by atoms with van der Waals surface area (Å²) in [6.45, 7) is 0. The first-order chi connectivity index (χ1) is 14.6. The third-order valence-electron chi connectivity index (χ3n) is 4.62. The number of nitrogens with zero attached hydrogens (tertiary/aromatic N) is 2. The molecule has 2 aromatic carbocycles. The normalized spacial score (nSPS) is 16.9. The highest BCUT2D eigenvalue weighted by Crippen LogP contribution is 2.38. The van der Waals surface area contributed by atoms with Crippen LogP contribution in [-0.4, -0.2) is 33.2 Å². The molecule has 0 aliphatic carbocycles. The molecule has 0 spiro atoms. The van der Waals surface area contributed by atoms with Gasteiger partial charge in [-0.25, -0.2) is 8.42 Å². The number of hydrogen-bond acceptors (Lipinski definition) is 6. The Morgan fingerprint density at radius 1 is 1.06 bits per heavy atom. The predicted octanol–water partition coefficient (Wildman–Crippen LogP) is 3.84. The van der Waals surface area contributed by atoms with Crippen molar-refractivity contribution in [1.29, 1.82) is 0 Å². The topological polar surface area (TPSA) is 109 Å². The highest BCUT2D eigenvalue weighted by atomic mass is 35.5. The molecule has 162 valence electrons. The summed E-state index contributed by atoms with van der Waals surface area (Å²) in [5.74, 6) is 0.415. The Labute approximate surface area is 185 Å². The van der Waals surface area contributed by atoms with Gasteiger partial charge in [-0.1, -0.05) is 35.9 Å². The van der Waals surface area contributed by atoms with Crippen molar-refractivity contribution >= 4 is 43.0 Å². The van der Waals surface area contributed by atoms with Crippen LogP contribution in [0, 0.1) is 0 Å². The van der Waals surface area contributed by atoms with Crippen molar-refractivity contribution in [3.8, 4) is 0 Å². The first-order valence-electron chi connectivity index (χ1n) is 9.13. The predicted molar refractivity (Wildman–Crippen MR) is 118 cm³/mol. The zero-order valence-electron chi connectivity index (χ0n) is 16.3. The highest BCUT2D eigenvalue weighted by molar-refractivity contribution is 7.92. The van der Waals surface area contributed by atoms with Gasteiger partial charge in [-0.2, -0.15) is 17.9 Å². The van der Waals surface area contributed by atoms with E-state index in [9.17, 15) is 16.8 Å². The maximum atomic E-state index is 13.4. The molecule has 0 fully saturated rings. The fraction of sp³-hybridized carbons (Fsp3) is 0.150. The summed E-state index contributed by atoms with van der Waals surface area (Å²) in [4.78, 5) is -0.0101. The van der Waals surface area contributed by atoms with E-state index in [0.29, 0.717) is 22.7 Å². The number of furan rings is 1. The van der Waals surface area contributed by atoms with E-state index in [4.69, 9.17) is 16.0 Å². The lowest BCUT2D eigenvalue weighted by molar-refractivity contribution is 0.320. The fourth-order valence-electron chi connectivity index (χ4n) is 3.33. The van der Waals surface area contributed by atoms with Gasteiger partial charge in [0, 0.05) is 17.0 Å². The summed E-state index contributed by atoms with van der Waals surface area (Å²) in [5, 5.41) is 4.67. The van der Waals surface area contributed by atoms with E-state index in [1.54, 1.807) is 48.5 Å². The van der Waals surface area contributed by atoms with Crippen molar-refractivity contribution in [3.05, 3.63) is 83.3 Å². The van der Waals surface area contributed by atoms with E-state index in [1.165, 1.54) is 18.4 Å². The van der Waals surface area contributed by atoms with Crippen molar-refractivity contribution in [1.82, 2.24) is 4.41 Å². The van der Waals surface area contributed by atoms with Crippen LogP contribution < -0.4 is 4.72 Å². The Morgan fingerprint density at radius 3 is 2.52 bits per heavy atom. The number of halogens is 1. The van der Waals surface area contributed by atoms with E-state index in [0.717, 1.165) is 10.7 Å². The van der Waals surface area contributed by atoms with E-state index < -0.39 is 26.1 Å². The summed E-state index contributed by atoms with van der Waals surface area (Å²) >= 11 is 6.00. The van der Waals surface area contributed by atoms with Gasteiger partial charge < -0.3 is 4.42 Å². The summed E-state index contributed by atoms with van der Waals surface area (Å²) in [6.07, 6.45) is 2.69. The number of nitrogens with one attached hydrogen (secondary N) is 1. The standard InChI is InChI=1S/C20H18ClN3O5S2/c1-30(25,26)23-17-9-3-2-8-16(17)18-13-19(20-10-5-11-29-20)24(22-18)31(27,28)15-7-4-6-14(21)12-15/h2-12,19,23H,13H2,1H3. The quantitative estimate of drug-likeness (QED) is 0.577. The molecule has 1 aromatic heterocycles. The lowest BCUT2D eigenvalue weighted by atomic mass is 10.0. The van der Waals surface area contributed by atoms with Gasteiger partial charge in [0.15, 0.2) is 0 Å². The van der Waals surface area contributed by atoms with Gasteiger partial charge >= 0.3 is 0 Å². The lowest BCUT2D eigenvalue weighted by Crippen LogP contribution is -2.27. The number of hydrogen-bond donors (Lipinski definition) is 1. The largest absolute Gasteiger partial charge is 0.467 e. The second kappa shape index (κ2) is 8.03. The number of para-hydroxylation sites is 1. The molecule has 2 heterocycles. The molecule has 0 saturated heterocycles. The zero-order chi connectivity index (χ0) is 22.2. The molecule has 1 aliphatic heterocycles. The van der Waals surface area contributed by atoms with Crippen molar-refractivity contribution < 1.29 is 21.3 Å². The number of benzene rings is 2. The van der Waals surface area contributed by atoms with Crippen LogP contribution in [0.15, 0.2) is 81.3 Å². The lowest BCUT2D eigenvalue weighted by Gasteiger charge is -2.21. The van der Waals surface area contributed by atoms with Crippen LogP contribution >= 0.6 is 11.6 Å². The monoisotopic (exact) mass is 479 g/mol. The molecule has 0 radical (unpaired) electrons. The minimum absolute atomic E-state index is 0.0101. The molecular formula is C20H18ClN3O5S2. The number of anilines is 1. The van der Waals surface area contributed by atoms with Crippen LogP contribution in [0.4, 0.5) is 5.69 Å². The SMILES string of the molecule is CS(=O)(=O)Nc1ccccc1C1=NN(S(=O)(=O)c2cccc(Cl)c2)C(c2ccco2)C1. The molecule has 1 aliphatic rings. The van der Waals surface area contributed by atoms with Crippen LogP contribution in [0.1, 0.15) is 23.8 Å². The van der Waals surface area contributed by atoms with E-state index >= 15 is 0 Å². The number of rotatable bonds is 6. The van der Waals surface area contributed by atoms with Gasteiger partial charge in [0.1, 0.15) is 11.8 Å². The third-order valence-corrected chi connectivity index (χ3v) is 7.12. The fourth-order valence-corrected chi connectivity index (χ4v) is 5.62. The second-order valence-corrected chi connectivity index (χ2v) is 10.9. The second-order valence-electron chi connectivity index (χ2n) is 6.94. The van der Waals surface area contributed by atoms with Gasteiger partial charge in [0.25, 0.3) is 10.0 Å². The Balaban J connectivity index is 1.82. The average Bonchev–Trinajstić information content (AvgIpc) is 3.37. The molecule has 31 heavy (non-hydrogen) atoms. The van der Waals surface area contributed by atoms with Crippen LogP contribution in [-0.2, 0) is 20.0 Å². The Hall–Kier alpha value is -2.82. The van der Waals surface area contributed by atoms with Crippen molar-refractivity contribution in [2.45, 2.75) is 17.4 Å². The molecule has 4 rings (SSSR count). The van der Waals surface area contributed by atoms with E-state index in [-0.39, 0.29) is 16.3 Å². The van der Waals surface area contributed by atoms with Crippen molar-refractivity contribution in [3.63, 3.8) is 0 Å². The Bertz CT molecular complexity index is 1350. The highest BCUT2D eigenvalue weighted by Gasteiger charge is 2.39. The number of hydrazone groups is 1. The summed E-state index contributed by atoms with van der Waals surface area (Å²) in [5.41, 5.74) is 1.19. The summed E-state index contributed by atoms with van der Waals surface area (Å²) in [7, 11) is -7.61. The molecule has 11 heteroatoms. The van der Waals surface area contributed by atoms with Gasteiger partial charge in [0.05, 0.1) is 28.8 Å². The molecule has 0 bridgehead atoms. The molecule has 8 nitrogen and oxygen atoms in total. The smallest absolute Gasteiger partial charge is 0.279 e. The molecular weight excluding hydrogens is 462 g/mol. The van der Waals surface area contributed by atoms with Crippen LogP contribution in [0.5, 0.6) is 0 Å². The van der Waals surface area contributed by atoms with Crippen LogP contribution in [0.25, 0.3) is 0 Å². The van der Waals surface area contributed by atoms with E-state index in [1.807, 2.05) is 0 Å². The van der Waals surface area contributed by atoms with Crippen LogP contribution in [0.3, 0.4) is 0 Å². The average molecular weight is 480 g/mol. The minimum atomic E-state index is -4.06.